The van der Waals surface area contributed by atoms with Gasteiger partial charge in [-0.25, -0.2) is 8.78 Å². The molecule has 1 fully saturated rings. The van der Waals surface area contributed by atoms with E-state index in [9.17, 15) is 8.78 Å². The molecule has 88 valence electrons. The minimum absolute atomic E-state index is 0.155. The van der Waals surface area contributed by atoms with Gasteiger partial charge >= 0.3 is 0 Å². The quantitative estimate of drug-likeness (QED) is 0.834. The van der Waals surface area contributed by atoms with E-state index in [-0.39, 0.29) is 6.42 Å². The molecule has 0 aromatic heterocycles. The average molecular weight is 225 g/mol. The number of rotatable bonds is 3. The first-order valence-corrected chi connectivity index (χ1v) is 5.75. The van der Waals surface area contributed by atoms with Crippen LogP contribution in [0.3, 0.4) is 0 Å². The summed E-state index contributed by atoms with van der Waals surface area (Å²) in [7, 11) is 0. The lowest BCUT2D eigenvalue weighted by atomic mass is 9.97. The monoisotopic (exact) mass is 225 g/mol. The van der Waals surface area contributed by atoms with Crippen LogP contribution in [0.1, 0.15) is 24.0 Å². The van der Waals surface area contributed by atoms with Gasteiger partial charge < -0.3 is 5.32 Å². The lowest BCUT2D eigenvalue weighted by molar-refractivity contribution is -0.0308. The minimum Gasteiger partial charge on any atom is -0.309 e. The Morgan fingerprint density at radius 3 is 2.75 bits per heavy atom. The summed E-state index contributed by atoms with van der Waals surface area (Å²) in [6.07, 6.45) is 1.28. The number of aryl methyl sites for hydroxylation is 1. The third kappa shape index (κ3) is 2.40. The van der Waals surface area contributed by atoms with E-state index in [1.54, 1.807) is 6.07 Å². The summed E-state index contributed by atoms with van der Waals surface area (Å²) in [5.74, 6) is -2.64. The first kappa shape index (κ1) is 11.5. The van der Waals surface area contributed by atoms with Crippen LogP contribution in [0, 0.1) is 6.92 Å². The summed E-state index contributed by atoms with van der Waals surface area (Å²) in [4.78, 5) is 0. The largest absolute Gasteiger partial charge is 0.309 e. The van der Waals surface area contributed by atoms with Gasteiger partial charge in [0.1, 0.15) is 0 Å². The Labute approximate surface area is 94.9 Å². The summed E-state index contributed by atoms with van der Waals surface area (Å²) in [6, 6.07) is 6.73. The standard InChI is InChI=1S/C13H17F2N/c1-10-5-2-3-6-11(10)9-13(14,15)12-7-4-8-16-12/h2-3,5-6,12,16H,4,7-9H2,1H3. The van der Waals surface area contributed by atoms with E-state index in [1.807, 2.05) is 25.1 Å². The van der Waals surface area contributed by atoms with Crippen molar-refractivity contribution in [3.8, 4) is 0 Å². The number of halogens is 2. The molecule has 1 saturated heterocycles. The summed E-state index contributed by atoms with van der Waals surface area (Å²) in [5.41, 5.74) is 1.70. The molecule has 16 heavy (non-hydrogen) atoms. The van der Waals surface area contributed by atoms with Crippen molar-refractivity contribution in [3.05, 3.63) is 35.4 Å². The summed E-state index contributed by atoms with van der Waals surface area (Å²) in [6.45, 7) is 2.60. The van der Waals surface area contributed by atoms with Crippen molar-refractivity contribution in [2.75, 3.05) is 6.54 Å². The molecule has 1 aromatic carbocycles. The lowest BCUT2D eigenvalue weighted by Gasteiger charge is -2.24. The van der Waals surface area contributed by atoms with Gasteiger partial charge in [0.2, 0.25) is 0 Å². The smallest absolute Gasteiger partial charge is 0.267 e. The van der Waals surface area contributed by atoms with Gasteiger partial charge in [-0.1, -0.05) is 24.3 Å². The van der Waals surface area contributed by atoms with E-state index >= 15 is 0 Å². The SMILES string of the molecule is Cc1ccccc1CC(F)(F)C1CCCN1. The van der Waals surface area contributed by atoms with E-state index in [1.165, 1.54) is 0 Å². The third-order valence-electron chi connectivity index (χ3n) is 3.26. The van der Waals surface area contributed by atoms with Crippen molar-refractivity contribution in [1.82, 2.24) is 5.32 Å². The van der Waals surface area contributed by atoms with Gasteiger partial charge in [-0.15, -0.1) is 0 Å². The second-order valence-electron chi connectivity index (χ2n) is 4.51. The highest BCUT2D eigenvalue weighted by atomic mass is 19.3. The van der Waals surface area contributed by atoms with E-state index in [0.717, 1.165) is 17.5 Å². The maximum absolute atomic E-state index is 13.9. The fourth-order valence-corrected chi connectivity index (χ4v) is 2.23. The zero-order chi connectivity index (χ0) is 11.6. The maximum atomic E-state index is 13.9. The van der Waals surface area contributed by atoms with Crippen molar-refractivity contribution in [3.63, 3.8) is 0 Å². The Balaban J connectivity index is 2.10. The van der Waals surface area contributed by atoms with E-state index in [0.29, 0.717) is 13.0 Å². The molecule has 0 bridgehead atoms. The summed E-state index contributed by atoms with van der Waals surface area (Å²) < 4.78 is 27.9. The molecule has 1 heterocycles. The fraction of sp³-hybridized carbons (Fsp3) is 0.538. The first-order chi connectivity index (χ1) is 7.59. The van der Waals surface area contributed by atoms with E-state index in [2.05, 4.69) is 5.32 Å². The van der Waals surface area contributed by atoms with Crippen molar-refractivity contribution in [2.45, 2.75) is 38.2 Å². The first-order valence-electron chi connectivity index (χ1n) is 5.75. The second-order valence-corrected chi connectivity index (χ2v) is 4.51. The molecular formula is C13H17F2N. The van der Waals surface area contributed by atoms with Crippen LogP contribution in [-0.4, -0.2) is 18.5 Å². The predicted molar refractivity (Wildman–Crippen MR) is 60.9 cm³/mol. The molecule has 1 unspecified atom stereocenters. The molecule has 0 aliphatic carbocycles. The van der Waals surface area contributed by atoms with Crippen molar-refractivity contribution in [2.24, 2.45) is 0 Å². The van der Waals surface area contributed by atoms with Crippen LogP contribution in [0.15, 0.2) is 24.3 Å². The van der Waals surface area contributed by atoms with Crippen LogP contribution in [0.25, 0.3) is 0 Å². The normalized spacial score (nSPS) is 21.3. The number of nitrogens with one attached hydrogen (secondary N) is 1. The molecule has 0 radical (unpaired) electrons. The van der Waals surface area contributed by atoms with Gasteiger partial charge in [0.15, 0.2) is 0 Å². The topological polar surface area (TPSA) is 12.0 Å². The number of hydrogen-bond donors (Lipinski definition) is 1. The predicted octanol–water partition coefficient (Wildman–Crippen LogP) is 2.92. The van der Waals surface area contributed by atoms with Crippen LogP contribution < -0.4 is 5.32 Å². The Morgan fingerprint density at radius 1 is 1.38 bits per heavy atom. The van der Waals surface area contributed by atoms with Crippen molar-refractivity contribution in [1.29, 1.82) is 0 Å². The molecule has 0 amide bonds. The lowest BCUT2D eigenvalue weighted by Crippen LogP contribution is -2.42. The van der Waals surface area contributed by atoms with Gasteiger partial charge in [0.05, 0.1) is 6.04 Å². The van der Waals surface area contributed by atoms with Crippen molar-refractivity contribution < 1.29 is 8.78 Å². The molecule has 3 heteroatoms. The van der Waals surface area contributed by atoms with Crippen LogP contribution in [0.2, 0.25) is 0 Å². The molecule has 0 spiro atoms. The highest BCUT2D eigenvalue weighted by Gasteiger charge is 2.40. The molecule has 1 aliphatic heterocycles. The van der Waals surface area contributed by atoms with Gasteiger partial charge in [0, 0.05) is 6.42 Å². The Hall–Kier alpha value is -0.960. The zero-order valence-electron chi connectivity index (χ0n) is 9.47. The molecule has 1 atom stereocenters. The highest BCUT2D eigenvalue weighted by Crippen LogP contribution is 2.29. The van der Waals surface area contributed by atoms with E-state index < -0.39 is 12.0 Å². The number of alkyl halides is 2. The fourth-order valence-electron chi connectivity index (χ4n) is 2.23. The second kappa shape index (κ2) is 4.50. The molecule has 2 rings (SSSR count). The molecule has 0 saturated carbocycles. The van der Waals surface area contributed by atoms with Crippen LogP contribution >= 0.6 is 0 Å². The molecule has 1 N–H and O–H groups in total. The molecule has 1 aromatic rings. The molecule has 1 aliphatic rings. The van der Waals surface area contributed by atoms with Gasteiger partial charge in [-0.2, -0.15) is 0 Å². The number of benzene rings is 1. The molecular weight excluding hydrogens is 208 g/mol. The third-order valence-corrected chi connectivity index (χ3v) is 3.26. The van der Waals surface area contributed by atoms with Crippen molar-refractivity contribution >= 4 is 0 Å². The van der Waals surface area contributed by atoms with E-state index in [4.69, 9.17) is 0 Å². The van der Waals surface area contributed by atoms with Crippen LogP contribution in [0.4, 0.5) is 8.78 Å². The Morgan fingerprint density at radius 2 is 2.12 bits per heavy atom. The minimum atomic E-state index is -2.64. The van der Waals surface area contributed by atoms with Gasteiger partial charge in [0.25, 0.3) is 5.92 Å². The number of hydrogen-bond acceptors (Lipinski definition) is 1. The molecule has 1 nitrogen and oxygen atoms in total. The zero-order valence-corrected chi connectivity index (χ0v) is 9.47. The average Bonchev–Trinajstić information content (AvgIpc) is 2.75. The maximum Gasteiger partial charge on any atom is 0.267 e. The summed E-state index contributed by atoms with van der Waals surface area (Å²) >= 11 is 0. The Kier molecular flexibility index (Phi) is 3.24. The van der Waals surface area contributed by atoms with Crippen LogP contribution in [0.5, 0.6) is 0 Å². The van der Waals surface area contributed by atoms with Gasteiger partial charge in [-0.3, -0.25) is 0 Å². The van der Waals surface area contributed by atoms with Gasteiger partial charge in [-0.05, 0) is 37.4 Å². The van der Waals surface area contributed by atoms with Crippen LogP contribution in [-0.2, 0) is 6.42 Å². The summed E-state index contributed by atoms with van der Waals surface area (Å²) in [5, 5.41) is 2.89. The Bertz CT molecular complexity index is 357. The highest BCUT2D eigenvalue weighted by molar-refractivity contribution is 5.27.